The Hall–Kier alpha value is -2.70. The van der Waals surface area contributed by atoms with Crippen molar-refractivity contribution >= 4 is 118 Å². The molecule has 0 bridgehead atoms. The normalized spacial score (nSPS) is 26.2. The molecular weight excluding hydrogens is 892 g/mol. The Balaban J connectivity index is 0.00000410. The molecule has 8 atom stereocenters. The Morgan fingerprint density at radius 3 is 1.34 bits per heavy atom. The van der Waals surface area contributed by atoms with Crippen LogP contribution < -0.4 is 31.9 Å². The highest BCUT2D eigenvalue weighted by Gasteiger charge is 2.55. The number of amides is 4. The number of hydrogen-bond acceptors (Lipinski definition) is 10. The minimum absolute atomic E-state index is 0. The van der Waals surface area contributed by atoms with Crippen LogP contribution in [0.15, 0.2) is 48.5 Å². The average molecular weight is 954 g/mol. The van der Waals surface area contributed by atoms with Crippen LogP contribution >= 0.6 is 72.8 Å². The van der Waals surface area contributed by atoms with E-state index < -0.39 is 35.0 Å². The number of likely N-dealkylation sites (N-methyl/N-ethyl adjacent to an activating group) is 2. The van der Waals surface area contributed by atoms with Gasteiger partial charge in [0, 0.05) is 11.4 Å². The molecule has 2 aromatic rings. The van der Waals surface area contributed by atoms with E-state index in [2.05, 4.69) is 59.6 Å². The van der Waals surface area contributed by atoms with Gasteiger partial charge in [0.2, 0.25) is 23.6 Å². The average Bonchev–Trinajstić information content (AvgIpc) is 3.51. The maximum Gasteiger partial charge on any atom is 0.247 e. The minimum Gasteiger partial charge on any atom is -0.367 e. The molecule has 0 aromatic heterocycles. The highest BCUT2D eigenvalue weighted by Crippen LogP contribution is 2.48. The maximum absolute atomic E-state index is 14.0. The number of carbonyl (C=O) groups excluding carboxylic acids is 4. The van der Waals surface area contributed by atoms with Crippen LogP contribution in [0.1, 0.15) is 78.4 Å². The van der Waals surface area contributed by atoms with Gasteiger partial charge in [0.1, 0.15) is 24.2 Å². The largest absolute Gasteiger partial charge is 0.367 e. The van der Waals surface area contributed by atoms with Gasteiger partial charge in [-0.2, -0.15) is 0 Å². The second-order valence-corrected chi connectivity index (χ2v) is 21.1. The summed E-state index contributed by atoms with van der Waals surface area (Å²) in [6.45, 7) is 12.2. The molecule has 18 heteroatoms. The summed E-state index contributed by atoms with van der Waals surface area (Å²) >= 11 is 14.6. The number of benzene rings is 2. The summed E-state index contributed by atoms with van der Waals surface area (Å²) in [7, 11) is 3.67. The number of nitrogens with one attached hydrogen (secondary N) is 6. The van der Waals surface area contributed by atoms with Crippen molar-refractivity contribution in [1.82, 2.24) is 31.1 Å². The lowest BCUT2D eigenvalue weighted by atomic mass is 9.84. The van der Waals surface area contributed by atoms with Crippen molar-refractivity contribution in [2.75, 3.05) is 36.2 Å². The highest BCUT2D eigenvalue weighted by atomic mass is 35.5. The topological polar surface area (TPSA) is 147 Å². The van der Waals surface area contributed by atoms with Crippen molar-refractivity contribution in [2.24, 2.45) is 10.8 Å². The van der Waals surface area contributed by atoms with Gasteiger partial charge < -0.3 is 41.7 Å². The van der Waals surface area contributed by atoms with Crippen LogP contribution in [0.3, 0.4) is 0 Å². The number of fused-ring (bicyclic) bond motifs is 2. The van der Waals surface area contributed by atoms with Gasteiger partial charge in [0.25, 0.3) is 0 Å². The molecule has 61 heavy (non-hydrogen) atoms. The monoisotopic (exact) mass is 952 g/mol. The summed E-state index contributed by atoms with van der Waals surface area (Å²) in [5.74, 6) is 1.05. The molecule has 0 radical (unpaired) electrons. The van der Waals surface area contributed by atoms with E-state index in [0.29, 0.717) is 40.6 Å². The van der Waals surface area contributed by atoms with E-state index in [1.54, 1.807) is 33.3 Å². The molecule has 0 spiro atoms. The van der Waals surface area contributed by atoms with Crippen LogP contribution in [-0.4, -0.2) is 116 Å². The van der Waals surface area contributed by atoms with Crippen molar-refractivity contribution < 1.29 is 19.2 Å². The number of anilines is 2. The van der Waals surface area contributed by atoms with Crippen LogP contribution in [0, 0.1) is 10.8 Å². The lowest BCUT2D eigenvalue weighted by Crippen LogP contribution is -2.56. The van der Waals surface area contributed by atoms with Crippen molar-refractivity contribution in [2.45, 2.75) is 121 Å². The molecule has 336 valence electrons. The van der Waals surface area contributed by atoms with Crippen molar-refractivity contribution in [3.05, 3.63) is 59.7 Å². The van der Waals surface area contributed by atoms with Crippen LogP contribution in [-0.2, 0) is 25.6 Å². The molecule has 0 saturated carbocycles. The van der Waals surface area contributed by atoms with Gasteiger partial charge in [-0.1, -0.05) is 76.4 Å². The van der Waals surface area contributed by atoms with E-state index in [1.165, 1.54) is 0 Å². The number of thiocarbonyl (C=S) groups is 2. The third-order valence-electron chi connectivity index (χ3n) is 12.2. The van der Waals surface area contributed by atoms with Crippen LogP contribution in [0.4, 0.5) is 11.4 Å². The van der Waals surface area contributed by atoms with E-state index in [-0.39, 0.29) is 71.3 Å². The summed E-state index contributed by atoms with van der Waals surface area (Å²) in [5.41, 5.74) is 2.62. The van der Waals surface area contributed by atoms with Gasteiger partial charge in [-0.05, 0) is 118 Å². The first-order chi connectivity index (χ1) is 27.9. The molecule has 12 nitrogen and oxygen atoms in total. The molecule has 6 rings (SSSR count). The molecule has 4 aliphatic heterocycles. The third-order valence-corrected chi connectivity index (χ3v) is 15.7. The van der Waals surface area contributed by atoms with Gasteiger partial charge in [0.15, 0.2) is 0 Å². The van der Waals surface area contributed by atoms with Crippen LogP contribution in [0.2, 0.25) is 0 Å². The minimum atomic E-state index is -0.626. The third kappa shape index (κ3) is 11.5. The zero-order valence-electron chi connectivity index (χ0n) is 36.2. The Morgan fingerprint density at radius 1 is 0.672 bits per heavy atom. The number of nitrogens with zero attached hydrogens (tertiary/aromatic N) is 2. The first-order valence-corrected chi connectivity index (χ1v) is 23.5. The Bertz CT molecular complexity index is 1790. The number of hydrogen-bond donors (Lipinski definition) is 6. The lowest BCUT2D eigenvalue weighted by molar-refractivity contribution is -0.140. The molecule has 2 aromatic carbocycles. The smallest absolute Gasteiger partial charge is 0.247 e. The van der Waals surface area contributed by atoms with Crippen LogP contribution in [0.5, 0.6) is 0 Å². The lowest BCUT2D eigenvalue weighted by Gasteiger charge is -2.34. The quantitative estimate of drug-likeness (QED) is 0.140. The van der Waals surface area contributed by atoms with Crippen molar-refractivity contribution in [3.8, 4) is 0 Å². The van der Waals surface area contributed by atoms with Crippen LogP contribution in [0.25, 0.3) is 0 Å². The van der Waals surface area contributed by atoms with E-state index in [1.807, 2.05) is 76.5 Å². The Morgan fingerprint density at radius 2 is 1.02 bits per heavy atom. The molecule has 4 saturated heterocycles. The predicted octanol–water partition coefficient (Wildman–Crippen LogP) is 5.97. The SMILES string of the molecule is CN[C@@H](C)C(=S)N[C@H]1CCS[C@H]2CC(C)(C)[C@@H](C(=O)Nc3ccc(Cc4ccc(NC(=O)[C@H]5N6C(=O)[C@@H](NC(=S)[C@H](C)NC)CCS[C@H]6CC5(C)C)cc4)cc3)N2C1=O.Cl.Cl. The number of carbonyl (C=O) groups is 4. The maximum atomic E-state index is 14.0. The number of halogens is 2. The predicted molar refractivity (Wildman–Crippen MR) is 263 cm³/mol. The Labute approximate surface area is 393 Å². The van der Waals surface area contributed by atoms with Gasteiger partial charge in [0.05, 0.1) is 32.8 Å². The van der Waals surface area contributed by atoms with Gasteiger partial charge >= 0.3 is 0 Å². The zero-order chi connectivity index (χ0) is 42.8. The van der Waals surface area contributed by atoms with E-state index >= 15 is 0 Å². The summed E-state index contributed by atoms with van der Waals surface area (Å²) in [5, 5.41) is 18.9. The molecule has 4 amide bonds. The molecule has 4 fully saturated rings. The summed E-state index contributed by atoms with van der Waals surface area (Å²) in [4.78, 5) is 60.7. The molecule has 4 heterocycles. The molecular formula is C43H62Cl2N8O4S4. The fourth-order valence-electron chi connectivity index (χ4n) is 8.63. The van der Waals surface area contributed by atoms with E-state index in [4.69, 9.17) is 24.4 Å². The van der Waals surface area contributed by atoms with Gasteiger partial charge in [-0.15, -0.1) is 48.3 Å². The first kappa shape index (κ1) is 50.9. The van der Waals surface area contributed by atoms with Crippen molar-refractivity contribution in [3.63, 3.8) is 0 Å². The summed E-state index contributed by atoms with van der Waals surface area (Å²) < 4.78 is 0. The molecule has 0 unspecified atom stereocenters. The standard InChI is InChI=1S/C43H60N8O4S4.2ClH/c1-24(44-7)38(56)48-30-17-19-58-32-22-42(3,4)34(50(32)40(30)54)36(52)46-28-13-9-26(10-14-28)21-27-11-15-29(16-12-27)47-37(53)35-43(5,6)23-33-51(35)41(55)31(18-20-59-33)49-39(57)25(2)45-8;;/h9-16,24-25,30-35,44-45H,17-23H2,1-8H3,(H,46,52)(H,47,53)(H,48,56)(H,49,57);2*1H/t24-,25-,30-,31-,32-,33-,34+,35+;;/m0../s1. The fraction of sp³-hybridized carbons (Fsp3) is 0.581. The fourth-order valence-corrected chi connectivity index (χ4v) is 12.3. The van der Waals surface area contributed by atoms with Gasteiger partial charge in [-0.25, -0.2) is 0 Å². The molecule has 6 N–H and O–H groups in total. The highest BCUT2D eigenvalue weighted by molar-refractivity contribution is 8.00. The first-order valence-electron chi connectivity index (χ1n) is 20.6. The second kappa shape index (κ2) is 21.3. The summed E-state index contributed by atoms with van der Waals surface area (Å²) in [6, 6.07) is 13.2. The molecule has 0 aliphatic carbocycles. The van der Waals surface area contributed by atoms with E-state index in [0.717, 1.165) is 35.5 Å². The Kier molecular flexibility index (Phi) is 17.8. The number of rotatable bonds is 12. The number of thioether (sulfide) groups is 2. The molecule has 4 aliphatic rings. The van der Waals surface area contributed by atoms with Gasteiger partial charge in [-0.3, -0.25) is 19.2 Å². The zero-order valence-corrected chi connectivity index (χ0v) is 41.1. The van der Waals surface area contributed by atoms with E-state index in [9.17, 15) is 19.2 Å². The van der Waals surface area contributed by atoms with Crippen molar-refractivity contribution in [1.29, 1.82) is 0 Å². The second-order valence-electron chi connectivity index (χ2n) is 17.6. The summed E-state index contributed by atoms with van der Waals surface area (Å²) in [6.07, 6.45) is 3.40.